The highest BCUT2D eigenvalue weighted by Gasteiger charge is 2.16. The van der Waals surface area contributed by atoms with E-state index in [0.29, 0.717) is 19.5 Å². The molecule has 1 atom stereocenters. The first-order valence-electron chi connectivity index (χ1n) is 5.57. The van der Waals surface area contributed by atoms with E-state index < -0.39 is 0 Å². The minimum atomic E-state index is -0.312. The highest BCUT2D eigenvalue weighted by atomic mass is 16.3. The van der Waals surface area contributed by atoms with Crippen molar-refractivity contribution in [1.82, 2.24) is 10.6 Å². The normalized spacial score (nSPS) is 13.7. The summed E-state index contributed by atoms with van der Waals surface area (Å²) in [4.78, 5) is 11.4. The Morgan fingerprint density at radius 1 is 1.47 bits per heavy atom. The summed E-state index contributed by atoms with van der Waals surface area (Å²) < 4.78 is 0. The highest BCUT2D eigenvalue weighted by Crippen LogP contribution is 2.05. The molecule has 0 aliphatic rings. The van der Waals surface area contributed by atoms with Gasteiger partial charge in [0.05, 0.1) is 12.6 Å². The van der Waals surface area contributed by atoms with Crippen molar-refractivity contribution < 1.29 is 9.90 Å². The number of carbonyl (C=O) groups is 1. The molecule has 0 saturated heterocycles. The van der Waals surface area contributed by atoms with Crippen LogP contribution in [0.15, 0.2) is 0 Å². The predicted molar refractivity (Wildman–Crippen MR) is 61.7 cm³/mol. The van der Waals surface area contributed by atoms with Gasteiger partial charge in [0.2, 0.25) is 5.91 Å². The summed E-state index contributed by atoms with van der Waals surface area (Å²) in [6, 6.07) is 0. The van der Waals surface area contributed by atoms with Crippen LogP contribution in [0.5, 0.6) is 0 Å². The van der Waals surface area contributed by atoms with Gasteiger partial charge in [0, 0.05) is 5.54 Å². The van der Waals surface area contributed by atoms with Crippen LogP contribution in [-0.2, 0) is 4.79 Å². The number of amides is 1. The van der Waals surface area contributed by atoms with Crippen molar-refractivity contribution in [3.8, 4) is 0 Å². The second kappa shape index (κ2) is 6.80. The Morgan fingerprint density at radius 3 is 2.53 bits per heavy atom. The van der Waals surface area contributed by atoms with Crippen molar-refractivity contribution in [3.63, 3.8) is 0 Å². The SMILES string of the molecule is CCC(C)(C)NC(=O)CNCCC(C)O. The van der Waals surface area contributed by atoms with Crippen molar-refractivity contribution in [1.29, 1.82) is 0 Å². The monoisotopic (exact) mass is 216 g/mol. The molecule has 0 heterocycles. The van der Waals surface area contributed by atoms with E-state index in [0.717, 1.165) is 6.42 Å². The van der Waals surface area contributed by atoms with Crippen LogP contribution >= 0.6 is 0 Å². The Bertz CT molecular complexity index is 191. The van der Waals surface area contributed by atoms with Gasteiger partial charge >= 0.3 is 0 Å². The van der Waals surface area contributed by atoms with E-state index >= 15 is 0 Å². The average molecular weight is 216 g/mol. The molecule has 0 fully saturated rings. The summed E-state index contributed by atoms with van der Waals surface area (Å²) in [6.45, 7) is 8.76. The molecule has 1 amide bonds. The summed E-state index contributed by atoms with van der Waals surface area (Å²) >= 11 is 0. The van der Waals surface area contributed by atoms with Gasteiger partial charge in [-0.1, -0.05) is 6.92 Å². The van der Waals surface area contributed by atoms with Crippen molar-refractivity contribution in [2.45, 2.75) is 52.2 Å². The molecular weight excluding hydrogens is 192 g/mol. The fourth-order valence-electron chi connectivity index (χ4n) is 1.02. The Kier molecular flexibility index (Phi) is 6.52. The molecule has 0 aromatic rings. The molecule has 4 heteroatoms. The van der Waals surface area contributed by atoms with Gasteiger partial charge in [-0.25, -0.2) is 0 Å². The number of nitrogens with one attached hydrogen (secondary N) is 2. The van der Waals surface area contributed by atoms with E-state index in [-0.39, 0.29) is 17.6 Å². The van der Waals surface area contributed by atoms with E-state index in [9.17, 15) is 4.79 Å². The summed E-state index contributed by atoms with van der Waals surface area (Å²) in [7, 11) is 0. The Labute approximate surface area is 92.4 Å². The van der Waals surface area contributed by atoms with Crippen LogP contribution in [0, 0.1) is 0 Å². The minimum Gasteiger partial charge on any atom is -0.393 e. The Balaban J connectivity index is 3.58. The minimum absolute atomic E-state index is 0.00689. The quantitative estimate of drug-likeness (QED) is 0.548. The molecule has 0 aromatic carbocycles. The number of carbonyl (C=O) groups excluding carboxylic acids is 1. The molecule has 3 N–H and O–H groups in total. The molecule has 0 aromatic heterocycles. The zero-order valence-electron chi connectivity index (χ0n) is 10.3. The van der Waals surface area contributed by atoms with Crippen LogP contribution < -0.4 is 10.6 Å². The number of aliphatic hydroxyl groups is 1. The molecule has 0 saturated carbocycles. The largest absolute Gasteiger partial charge is 0.393 e. The highest BCUT2D eigenvalue weighted by molar-refractivity contribution is 5.78. The molecule has 15 heavy (non-hydrogen) atoms. The standard InChI is InChI=1S/C11H24N2O2/c1-5-11(3,4)13-10(15)8-12-7-6-9(2)14/h9,12,14H,5-8H2,1-4H3,(H,13,15). The first-order chi connectivity index (χ1) is 6.87. The maximum absolute atomic E-state index is 11.4. The molecule has 1 unspecified atom stereocenters. The third-order valence-electron chi connectivity index (χ3n) is 2.39. The molecular formula is C11H24N2O2. The van der Waals surface area contributed by atoms with Gasteiger partial charge in [0.15, 0.2) is 0 Å². The van der Waals surface area contributed by atoms with E-state index in [1.54, 1.807) is 6.92 Å². The first kappa shape index (κ1) is 14.4. The lowest BCUT2D eigenvalue weighted by Gasteiger charge is -2.24. The third-order valence-corrected chi connectivity index (χ3v) is 2.39. The Morgan fingerprint density at radius 2 is 2.07 bits per heavy atom. The van der Waals surface area contributed by atoms with Crippen molar-refractivity contribution in [2.75, 3.05) is 13.1 Å². The summed E-state index contributed by atoms with van der Waals surface area (Å²) in [6.07, 6.45) is 1.27. The van der Waals surface area contributed by atoms with Gasteiger partial charge in [-0.3, -0.25) is 4.79 Å². The van der Waals surface area contributed by atoms with Gasteiger partial charge in [-0.05, 0) is 40.2 Å². The smallest absolute Gasteiger partial charge is 0.234 e. The molecule has 0 rings (SSSR count). The second-order valence-electron chi connectivity index (χ2n) is 4.60. The molecule has 0 radical (unpaired) electrons. The summed E-state index contributed by atoms with van der Waals surface area (Å²) in [5, 5.41) is 14.9. The zero-order chi connectivity index (χ0) is 11.9. The van der Waals surface area contributed by atoms with Crippen molar-refractivity contribution in [2.24, 2.45) is 0 Å². The second-order valence-corrected chi connectivity index (χ2v) is 4.60. The topological polar surface area (TPSA) is 61.4 Å². The maximum atomic E-state index is 11.4. The fraction of sp³-hybridized carbons (Fsp3) is 0.909. The van der Waals surface area contributed by atoms with Gasteiger partial charge in [-0.2, -0.15) is 0 Å². The Hall–Kier alpha value is -0.610. The number of aliphatic hydroxyl groups excluding tert-OH is 1. The number of rotatable bonds is 7. The third kappa shape index (κ3) is 8.39. The van der Waals surface area contributed by atoms with Gasteiger partial charge in [-0.15, -0.1) is 0 Å². The average Bonchev–Trinajstić information content (AvgIpc) is 2.11. The van der Waals surface area contributed by atoms with E-state index in [4.69, 9.17) is 5.11 Å². The number of hydrogen-bond donors (Lipinski definition) is 3. The lowest BCUT2D eigenvalue weighted by Crippen LogP contribution is -2.46. The van der Waals surface area contributed by atoms with Crippen LogP contribution in [0.25, 0.3) is 0 Å². The number of hydrogen-bond acceptors (Lipinski definition) is 3. The molecule has 0 bridgehead atoms. The molecule has 4 nitrogen and oxygen atoms in total. The lowest BCUT2D eigenvalue weighted by atomic mass is 10.0. The molecule has 0 aliphatic heterocycles. The summed E-state index contributed by atoms with van der Waals surface area (Å²) in [5.41, 5.74) is -0.136. The lowest BCUT2D eigenvalue weighted by molar-refractivity contribution is -0.121. The van der Waals surface area contributed by atoms with Gasteiger partial charge in [0.25, 0.3) is 0 Å². The molecule has 0 aliphatic carbocycles. The van der Waals surface area contributed by atoms with Gasteiger partial charge < -0.3 is 15.7 Å². The van der Waals surface area contributed by atoms with Crippen LogP contribution in [0.3, 0.4) is 0 Å². The van der Waals surface area contributed by atoms with Crippen molar-refractivity contribution >= 4 is 5.91 Å². The van der Waals surface area contributed by atoms with Gasteiger partial charge in [0.1, 0.15) is 0 Å². The first-order valence-corrected chi connectivity index (χ1v) is 5.57. The molecule has 90 valence electrons. The van der Waals surface area contributed by atoms with E-state index in [2.05, 4.69) is 10.6 Å². The van der Waals surface area contributed by atoms with Crippen molar-refractivity contribution in [3.05, 3.63) is 0 Å². The van der Waals surface area contributed by atoms with Crippen LogP contribution in [-0.4, -0.2) is 35.7 Å². The van der Waals surface area contributed by atoms with E-state index in [1.807, 2.05) is 20.8 Å². The van der Waals surface area contributed by atoms with Crippen LogP contribution in [0.2, 0.25) is 0 Å². The van der Waals surface area contributed by atoms with E-state index in [1.165, 1.54) is 0 Å². The predicted octanol–water partition coefficient (Wildman–Crippen LogP) is 0.652. The molecule has 0 spiro atoms. The fourth-order valence-corrected chi connectivity index (χ4v) is 1.02. The summed E-state index contributed by atoms with van der Waals surface area (Å²) in [5.74, 6) is 0.00689. The maximum Gasteiger partial charge on any atom is 0.234 e. The van der Waals surface area contributed by atoms with Crippen LogP contribution in [0.4, 0.5) is 0 Å². The zero-order valence-corrected chi connectivity index (χ0v) is 10.3. The van der Waals surface area contributed by atoms with Crippen LogP contribution in [0.1, 0.15) is 40.5 Å².